The van der Waals surface area contributed by atoms with Gasteiger partial charge >= 0.3 is 0 Å². The van der Waals surface area contributed by atoms with Gasteiger partial charge in [0.05, 0.1) is 17.7 Å². The Labute approximate surface area is 312 Å². The second kappa shape index (κ2) is 20.3. The summed E-state index contributed by atoms with van der Waals surface area (Å²) >= 11 is 0. The maximum Gasteiger partial charge on any atom is 0.251 e. The van der Waals surface area contributed by atoms with Crippen LogP contribution in [0.3, 0.4) is 0 Å². The van der Waals surface area contributed by atoms with Gasteiger partial charge in [-0.25, -0.2) is 0 Å². The zero-order chi connectivity index (χ0) is 38.2. The molecule has 0 aliphatic rings. The van der Waals surface area contributed by atoms with E-state index in [9.17, 15) is 24.4 Å². The fourth-order valence-corrected chi connectivity index (χ4v) is 5.97. The lowest BCUT2D eigenvalue weighted by Gasteiger charge is -2.25. The largest absolute Gasteiger partial charge is 0.355 e. The first-order valence-electron chi connectivity index (χ1n) is 18.2. The van der Waals surface area contributed by atoms with Gasteiger partial charge in [0, 0.05) is 36.8 Å². The molecule has 10 heteroatoms. The van der Waals surface area contributed by atoms with Crippen LogP contribution in [0, 0.1) is 17.2 Å². The van der Waals surface area contributed by atoms with Gasteiger partial charge in [-0.2, -0.15) is 5.26 Å². The molecule has 53 heavy (non-hydrogen) atoms. The van der Waals surface area contributed by atoms with Gasteiger partial charge in [-0.05, 0) is 85.5 Å². The molecule has 276 valence electrons. The number of carbonyl (C=O) groups is 4. The number of nitrogens with one attached hydrogen (secondary N) is 5. The predicted molar refractivity (Wildman–Crippen MR) is 208 cm³/mol. The summed E-state index contributed by atoms with van der Waals surface area (Å²) in [5.41, 5.74) is 4.33. The Morgan fingerprint density at radius 3 is 1.98 bits per heavy atom. The van der Waals surface area contributed by atoms with E-state index in [0.29, 0.717) is 41.8 Å². The molecule has 10 nitrogen and oxygen atoms in total. The highest BCUT2D eigenvalue weighted by Crippen LogP contribution is 2.26. The fourth-order valence-electron chi connectivity index (χ4n) is 5.97. The third-order valence-corrected chi connectivity index (χ3v) is 8.91. The van der Waals surface area contributed by atoms with Crippen molar-refractivity contribution in [2.75, 3.05) is 19.6 Å². The number of hydrogen-bond acceptors (Lipinski definition) is 6. The first-order chi connectivity index (χ1) is 25.6. The van der Waals surface area contributed by atoms with E-state index in [0.717, 1.165) is 18.4 Å². The molecule has 0 unspecified atom stereocenters. The van der Waals surface area contributed by atoms with Crippen LogP contribution < -0.4 is 26.6 Å². The molecule has 0 heterocycles. The normalized spacial score (nSPS) is 12.5. The number of hydrogen-bond donors (Lipinski definition) is 5. The van der Waals surface area contributed by atoms with E-state index in [1.54, 1.807) is 43.3 Å². The topological polar surface area (TPSA) is 152 Å². The average Bonchev–Trinajstić information content (AvgIpc) is 3.17. The number of nitrogens with zero attached hydrogens (tertiary/aromatic N) is 1. The van der Waals surface area contributed by atoms with Crippen LogP contribution in [0.5, 0.6) is 0 Å². The Bertz CT molecular complexity index is 1870. The van der Waals surface area contributed by atoms with Crippen molar-refractivity contribution >= 4 is 23.6 Å². The molecule has 0 aliphatic heterocycles. The van der Waals surface area contributed by atoms with Crippen LogP contribution in [0.15, 0.2) is 103 Å². The number of carbonyl (C=O) groups excluding carboxylic acids is 4. The smallest absolute Gasteiger partial charge is 0.251 e. The number of likely N-dealkylation sites (N-methyl/N-ethyl adjacent to an activating group) is 1. The molecule has 0 fully saturated rings. The van der Waals surface area contributed by atoms with Crippen molar-refractivity contribution in [2.45, 2.75) is 65.1 Å². The van der Waals surface area contributed by atoms with Crippen molar-refractivity contribution in [1.82, 2.24) is 26.6 Å². The molecule has 0 saturated heterocycles. The first kappa shape index (κ1) is 40.0. The van der Waals surface area contributed by atoms with Gasteiger partial charge < -0.3 is 26.6 Å². The summed E-state index contributed by atoms with van der Waals surface area (Å²) in [7, 11) is 0. The molecular weight excluding hydrogens is 665 g/mol. The van der Waals surface area contributed by atoms with Crippen LogP contribution in [-0.2, 0) is 22.4 Å². The Hall–Kier alpha value is -5.79. The van der Waals surface area contributed by atoms with Gasteiger partial charge in [-0.1, -0.05) is 92.7 Å². The average molecular weight is 715 g/mol. The number of amides is 4. The highest BCUT2D eigenvalue weighted by molar-refractivity contribution is 6.02. The van der Waals surface area contributed by atoms with E-state index in [2.05, 4.69) is 44.8 Å². The second-order valence-electron chi connectivity index (χ2n) is 13.4. The Kier molecular flexibility index (Phi) is 15.3. The molecule has 0 spiro atoms. The maximum absolute atomic E-state index is 14.1. The Balaban J connectivity index is 1.54. The summed E-state index contributed by atoms with van der Waals surface area (Å²) in [6.45, 7) is 8.44. The zero-order valence-electron chi connectivity index (χ0n) is 30.9. The third-order valence-electron chi connectivity index (χ3n) is 8.91. The van der Waals surface area contributed by atoms with Crippen molar-refractivity contribution < 1.29 is 19.2 Å². The van der Waals surface area contributed by atoms with Crippen molar-refractivity contribution in [3.8, 4) is 17.2 Å². The summed E-state index contributed by atoms with van der Waals surface area (Å²) in [5.74, 6) is -1.41. The van der Waals surface area contributed by atoms with Crippen LogP contribution >= 0.6 is 0 Å². The zero-order valence-corrected chi connectivity index (χ0v) is 30.9. The molecule has 5 N–H and O–H groups in total. The number of rotatable bonds is 18. The van der Waals surface area contributed by atoms with Crippen molar-refractivity contribution in [2.24, 2.45) is 5.92 Å². The van der Waals surface area contributed by atoms with E-state index >= 15 is 0 Å². The Morgan fingerprint density at radius 2 is 1.34 bits per heavy atom. The van der Waals surface area contributed by atoms with E-state index in [1.165, 1.54) is 5.56 Å². The summed E-state index contributed by atoms with van der Waals surface area (Å²) in [6, 6.07) is 32.2. The minimum absolute atomic E-state index is 0.111. The molecule has 3 atom stereocenters. The molecule has 0 aliphatic carbocycles. The summed E-state index contributed by atoms with van der Waals surface area (Å²) in [6.07, 6.45) is 2.02. The standard InChI is InChI=1S/C43H50N6O4/c1-5-45-43(53)39(29(2)3)49-40(50)30(4)47-28-37(23-32-17-10-7-11-18-32)48-42(52)36-25-34(38-21-13-12-20-33(38)27-44)24-35(26-36)41(51)46-22-14-19-31-15-8-6-9-16-31/h6-13,15-18,20-21,24-26,29-30,37,39,47H,5,14,19,22-23,28H2,1-4H3,(H,45,53)(H,46,51)(H,48,52)(H,49,50)/t30-,37-,39-/m0/s1. The summed E-state index contributed by atoms with van der Waals surface area (Å²) < 4.78 is 0. The van der Waals surface area contributed by atoms with Crippen molar-refractivity contribution in [1.29, 1.82) is 5.26 Å². The van der Waals surface area contributed by atoms with Crippen LogP contribution in [0.4, 0.5) is 0 Å². The van der Waals surface area contributed by atoms with E-state index < -0.39 is 24.0 Å². The number of nitriles is 1. The highest BCUT2D eigenvalue weighted by Gasteiger charge is 2.26. The predicted octanol–water partition coefficient (Wildman–Crippen LogP) is 5.18. The Morgan fingerprint density at radius 1 is 0.717 bits per heavy atom. The maximum atomic E-state index is 14.1. The molecule has 0 bridgehead atoms. The molecule has 0 saturated carbocycles. The minimum Gasteiger partial charge on any atom is -0.355 e. The molecule has 4 rings (SSSR count). The monoisotopic (exact) mass is 714 g/mol. The lowest BCUT2D eigenvalue weighted by Crippen LogP contribution is -2.55. The van der Waals surface area contributed by atoms with Crippen LogP contribution in [0.25, 0.3) is 11.1 Å². The molecular formula is C43H50N6O4. The van der Waals surface area contributed by atoms with Gasteiger partial charge in [-0.15, -0.1) is 0 Å². The number of aryl methyl sites for hydroxylation is 1. The quantitative estimate of drug-likeness (QED) is 0.0896. The SMILES string of the molecule is CCNC(=O)[C@@H](NC(=O)[C@H](C)NC[C@H](Cc1ccccc1)NC(=O)c1cc(C(=O)NCCCc2ccccc2)cc(-c2ccccc2C#N)c1)C(C)C. The lowest BCUT2D eigenvalue weighted by molar-refractivity contribution is -0.130. The van der Waals surface area contributed by atoms with Gasteiger partial charge in [0.15, 0.2) is 0 Å². The molecule has 4 amide bonds. The summed E-state index contributed by atoms with van der Waals surface area (Å²) in [5, 5.41) is 24.8. The highest BCUT2D eigenvalue weighted by atomic mass is 16.2. The lowest BCUT2D eigenvalue weighted by atomic mass is 9.95. The second-order valence-corrected chi connectivity index (χ2v) is 13.4. The third kappa shape index (κ3) is 12.2. The van der Waals surface area contributed by atoms with E-state index in [4.69, 9.17) is 0 Å². The van der Waals surface area contributed by atoms with Crippen LogP contribution in [0.2, 0.25) is 0 Å². The van der Waals surface area contributed by atoms with Gasteiger partial charge in [0.2, 0.25) is 11.8 Å². The van der Waals surface area contributed by atoms with Gasteiger partial charge in [0.1, 0.15) is 6.04 Å². The van der Waals surface area contributed by atoms with Crippen molar-refractivity contribution in [3.05, 3.63) is 131 Å². The minimum atomic E-state index is -0.680. The van der Waals surface area contributed by atoms with Crippen LogP contribution in [-0.4, -0.2) is 61.4 Å². The van der Waals surface area contributed by atoms with Crippen molar-refractivity contribution in [3.63, 3.8) is 0 Å². The molecule has 0 radical (unpaired) electrons. The van der Waals surface area contributed by atoms with Gasteiger partial charge in [0.25, 0.3) is 11.8 Å². The molecule has 4 aromatic rings. The molecule has 0 aromatic heterocycles. The number of benzene rings is 4. The van der Waals surface area contributed by atoms with E-state index in [1.807, 2.05) is 75.4 Å². The van der Waals surface area contributed by atoms with Crippen LogP contribution in [0.1, 0.15) is 71.5 Å². The fraction of sp³-hybridized carbons (Fsp3) is 0.326. The van der Waals surface area contributed by atoms with E-state index in [-0.39, 0.29) is 35.7 Å². The summed E-state index contributed by atoms with van der Waals surface area (Å²) in [4.78, 5) is 53.3. The molecule has 4 aromatic carbocycles. The van der Waals surface area contributed by atoms with Gasteiger partial charge in [-0.3, -0.25) is 19.2 Å². The first-order valence-corrected chi connectivity index (χ1v) is 18.2.